The summed E-state index contributed by atoms with van der Waals surface area (Å²) in [5.41, 5.74) is 0.297. The van der Waals surface area contributed by atoms with Crippen molar-refractivity contribution in [2.45, 2.75) is 25.3 Å². The predicted octanol–water partition coefficient (Wildman–Crippen LogP) is 1.24. The Morgan fingerprint density at radius 3 is 2.68 bits per heavy atom. The van der Waals surface area contributed by atoms with Gasteiger partial charge in [-0.1, -0.05) is 12.1 Å². The lowest BCUT2D eigenvalue weighted by Crippen LogP contribution is -2.44. The molecule has 9 heteroatoms. The Kier molecular flexibility index (Phi) is 8.31. The Morgan fingerprint density at radius 1 is 1.29 bits per heavy atom. The van der Waals surface area contributed by atoms with Crippen LogP contribution < -0.4 is 10.1 Å². The van der Waals surface area contributed by atoms with E-state index in [9.17, 15) is 19.2 Å². The summed E-state index contributed by atoms with van der Waals surface area (Å²) in [7, 11) is 1.46. The van der Waals surface area contributed by atoms with Crippen molar-refractivity contribution < 1.29 is 28.7 Å². The fraction of sp³-hybridized carbons (Fsp3) is 0.474. The monoisotopic (exact) mass is 408 g/mol. The standard InChI is InChI=1S/C19H24N2O6S/c1-26-15-7-4-3-6-13(15)18(24)20-14(9-11-28-2)19(25)27-12-17(23)21-10-5-8-16(21)22/h3-4,6-7,14H,5,8-12H2,1-2H3,(H,20,24)/t14-/m0/s1. The number of imide groups is 1. The van der Waals surface area contributed by atoms with E-state index in [0.717, 1.165) is 4.90 Å². The van der Waals surface area contributed by atoms with E-state index in [-0.39, 0.29) is 5.91 Å². The van der Waals surface area contributed by atoms with Gasteiger partial charge in [-0.15, -0.1) is 0 Å². The topological polar surface area (TPSA) is 102 Å². The van der Waals surface area contributed by atoms with Crippen LogP contribution in [0.15, 0.2) is 24.3 Å². The van der Waals surface area contributed by atoms with Gasteiger partial charge in [-0.3, -0.25) is 19.3 Å². The van der Waals surface area contributed by atoms with Gasteiger partial charge in [-0.2, -0.15) is 11.8 Å². The molecule has 8 nitrogen and oxygen atoms in total. The molecule has 1 fully saturated rings. The number of amides is 3. The number of carbonyl (C=O) groups is 4. The quantitative estimate of drug-likeness (QED) is 0.613. The van der Waals surface area contributed by atoms with Crippen molar-refractivity contribution in [3.63, 3.8) is 0 Å². The molecule has 28 heavy (non-hydrogen) atoms. The van der Waals surface area contributed by atoms with E-state index in [1.807, 2.05) is 6.26 Å². The summed E-state index contributed by atoms with van der Waals surface area (Å²) in [5, 5.41) is 2.65. The van der Waals surface area contributed by atoms with Gasteiger partial charge >= 0.3 is 5.97 Å². The van der Waals surface area contributed by atoms with Crippen LogP contribution in [0.25, 0.3) is 0 Å². The summed E-state index contributed by atoms with van der Waals surface area (Å²) in [6.45, 7) is -0.180. The first-order valence-electron chi connectivity index (χ1n) is 8.90. The molecule has 1 atom stereocenters. The highest BCUT2D eigenvalue weighted by molar-refractivity contribution is 7.98. The summed E-state index contributed by atoms with van der Waals surface area (Å²) < 4.78 is 10.3. The third-order valence-electron chi connectivity index (χ3n) is 4.26. The van der Waals surface area contributed by atoms with E-state index >= 15 is 0 Å². The summed E-state index contributed by atoms with van der Waals surface area (Å²) in [6, 6.07) is 5.76. The number of esters is 1. The molecule has 1 aliphatic heterocycles. The number of likely N-dealkylation sites (tertiary alicyclic amines) is 1. The SMILES string of the molecule is COc1ccccc1C(=O)N[C@@H](CCSC)C(=O)OCC(=O)N1CCCC1=O. The van der Waals surface area contributed by atoms with Crippen LogP contribution in [0.3, 0.4) is 0 Å². The van der Waals surface area contributed by atoms with E-state index in [2.05, 4.69) is 5.32 Å². The molecule has 0 spiro atoms. The van der Waals surface area contributed by atoms with Gasteiger partial charge in [0.2, 0.25) is 5.91 Å². The second kappa shape index (κ2) is 10.7. The average Bonchev–Trinajstić information content (AvgIpc) is 3.14. The molecule has 2 rings (SSSR count). The van der Waals surface area contributed by atoms with Gasteiger partial charge in [-0.05, 0) is 37.0 Å². The average molecular weight is 408 g/mol. The lowest BCUT2D eigenvalue weighted by Gasteiger charge is -2.19. The molecule has 1 aromatic carbocycles. The van der Waals surface area contributed by atoms with E-state index in [4.69, 9.17) is 9.47 Å². The molecule has 0 unspecified atom stereocenters. The minimum Gasteiger partial charge on any atom is -0.496 e. The molecule has 152 valence electrons. The first-order valence-corrected chi connectivity index (χ1v) is 10.3. The van der Waals surface area contributed by atoms with Crippen LogP contribution in [0.1, 0.15) is 29.6 Å². The molecule has 0 aliphatic carbocycles. The van der Waals surface area contributed by atoms with Crippen molar-refractivity contribution in [2.75, 3.05) is 32.3 Å². The number of para-hydroxylation sites is 1. The minimum absolute atomic E-state index is 0.260. The predicted molar refractivity (Wildman–Crippen MR) is 104 cm³/mol. The Balaban J connectivity index is 1.99. The lowest BCUT2D eigenvalue weighted by molar-refractivity contribution is -0.156. The molecule has 1 aromatic rings. The van der Waals surface area contributed by atoms with Crippen LogP contribution >= 0.6 is 11.8 Å². The number of rotatable bonds is 9. The highest BCUT2D eigenvalue weighted by atomic mass is 32.2. The van der Waals surface area contributed by atoms with Crippen LogP contribution in [0.4, 0.5) is 0 Å². The van der Waals surface area contributed by atoms with Crippen LogP contribution in [0, 0.1) is 0 Å². The van der Waals surface area contributed by atoms with Gasteiger partial charge < -0.3 is 14.8 Å². The summed E-state index contributed by atoms with van der Waals surface area (Å²) in [5.74, 6) is -0.983. The molecule has 1 heterocycles. The maximum Gasteiger partial charge on any atom is 0.329 e. The molecule has 0 radical (unpaired) electrons. The number of nitrogens with zero attached hydrogens (tertiary/aromatic N) is 1. The fourth-order valence-corrected chi connectivity index (χ4v) is 3.25. The normalized spacial score (nSPS) is 14.5. The van der Waals surface area contributed by atoms with E-state index in [1.54, 1.807) is 24.3 Å². The van der Waals surface area contributed by atoms with Crippen LogP contribution in [0.5, 0.6) is 5.75 Å². The lowest BCUT2D eigenvalue weighted by atomic mass is 10.1. The van der Waals surface area contributed by atoms with Crippen LogP contribution in [-0.4, -0.2) is 66.9 Å². The number of benzene rings is 1. The zero-order valence-corrected chi connectivity index (χ0v) is 16.8. The fourth-order valence-electron chi connectivity index (χ4n) is 2.78. The largest absolute Gasteiger partial charge is 0.496 e. The molecule has 1 saturated heterocycles. The molecular formula is C19H24N2O6S. The van der Waals surface area contributed by atoms with Crippen LogP contribution in [0.2, 0.25) is 0 Å². The number of nitrogens with one attached hydrogen (secondary N) is 1. The number of thioether (sulfide) groups is 1. The zero-order valence-electron chi connectivity index (χ0n) is 15.9. The van der Waals surface area contributed by atoms with Crippen molar-refractivity contribution in [3.05, 3.63) is 29.8 Å². The summed E-state index contributed by atoms with van der Waals surface area (Å²) in [6.07, 6.45) is 3.17. The number of ether oxygens (including phenoxy) is 2. The Bertz CT molecular complexity index is 739. The van der Waals surface area contributed by atoms with Crippen LogP contribution in [-0.2, 0) is 19.1 Å². The molecular weight excluding hydrogens is 384 g/mol. The number of methoxy groups -OCH3 is 1. The van der Waals surface area contributed by atoms with Gasteiger partial charge in [0.05, 0.1) is 12.7 Å². The van der Waals surface area contributed by atoms with E-state index < -0.39 is 30.4 Å². The van der Waals surface area contributed by atoms with Gasteiger partial charge in [-0.25, -0.2) is 4.79 Å². The second-order valence-corrected chi connectivity index (χ2v) is 7.14. The van der Waals surface area contributed by atoms with Crippen molar-refractivity contribution in [1.82, 2.24) is 10.2 Å². The highest BCUT2D eigenvalue weighted by Crippen LogP contribution is 2.17. The number of hydrogen-bond donors (Lipinski definition) is 1. The van der Waals surface area contributed by atoms with E-state index in [1.165, 1.54) is 18.9 Å². The third-order valence-corrected chi connectivity index (χ3v) is 4.91. The molecule has 1 aliphatic rings. The Labute approximate surface area is 167 Å². The first kappa shape index (κ1) is 21.7. The molecule has 0 saturated carbocycles. The Morgan fingerprint density at radius 2 is 2.04 bits per heavy atom. The maximum absolute atomic E-state index is 12.6. The second-order valence-electron chi connectivity index (χ2n) is 6.16. The highest BCUT2D eigenvalue weighted by Gasteiger charge is 2.29. The maximum atomic E-state index is 12.6. The van der Waals surface area contributed by atoms with Crippen molar-refractivity contribution in [1.29, 1.82) is 0 Å². The zero-order chi connectivity index (χ0) is 20.5. The number of carbonyl (C=O) groups excluding carboxylic acids is 4. The van der Waals surface area contributed by atoms with Gasteiger partial charge in [0.25, 0.3) is 11.8 Å². The molecule has 3 amide bonds. The smallest absolute Gasteiger partial charge is 0.329 e. The molecule has 0 bridgehead atoms. The van der Waals surface area contributed by atoms with Crippen molar-refractivity contribution in [2.24, 2.45) is 0 Å². The van der Waals surface area contributed by atoms with E-state index in [0.29, 0.717) is 42.9 Å². The third kappa shape index (κ3) is 5.72. The van der Waals surface area contributed by atoms with Gasteiger partial charge in [0.15, 0.2) is 6.61 Å². The summed E-state index contributed by atoms with van der Waals surface area (Å²) >= 11 is 1.52. The van der Waals surface area contributed by atoms with Gasteiger partial charge in [0, 0.05) is 13.0 Å². The summed E-state index contributed by atoms with van der Waals surface area (Å²) in [4.78, 5) is 49.7. The number of hydrogen-bond acceptors (Lipinski definition) is 7. The molecule has 0 aromatic heterocycles. The van der Waals surface area contributed by atoms with Gasteiger partial charge in [0.1, 0.15) is 11.8 Å². The van der Waals surface area contributed by atoms with Crippen molar-refractivity contribution in [3.8, 4) is 5.75 Å². The molecule has 1 N–H and O–H groups in total. The van der Waals surface area contributed by atoms with Crippen molar-refractivity contribution >= 4 is 35.5 Å². The Hall–Kier alpha value is -2.55. The minimum atomic E-state index is -0.910. The first-order chi connectivity index (χ1) is 13.5.